The van der Waals surface area contributed by atoms with E-state index < -0.39 is 0 Å². The molecule has 1 aromatic carbocycles. The van der Waals surface area contributed by atoms with Crippen molar-refractivity contribution in [2.75, 3.05) is 12.3 Å². The van der Waals surface area contributed by atoms with Crippen LogP contribution in [0.4, 0.5) is 5.69 Å². The second-order valence-corrected chi connectivity index (χ2v) is 6.14. The second kappa shape index (κ2) is 6.11. The number of halogens is 1. The molecule has 0 bridgehead atoms. The van der Waals surface area contributed by atoms with E-state index in [1.807, 2.05) is 22.9 Å². The lowest BCUT2D eigenvalue weighted by atomic mass is 9.99. The lowest BCUT2D eigenvalue weighted by Crippen LogP contribution is -2.21. The summed E-state index contributed by atoms with van der Waals surface area (Å²) in [5, 5.41) is 12.1. The van der Waals surface area contributed by atoms with E-state index in [2.05, 4.69) is 38.4 Å². The molecular formula is C14H18BrN5O. The first-order valence-electron chi connectivity index (χ1n) is 7.12. The van der Waals surface area contributed by atoms with Gasteiger partial charge in [0.05, 0.1) is 12.6 Å². The van der Waals surface area contributed by atoms with E-state index in [0.717, 1.165) is 41.9 Å². The summed E-state index contributed by atoms with van der Waals surface area (Å²) in [6.45, 7) is 3.75. The van der Waals surface area contributed by atoms with Gasteiger partial charge < -0.3 is 10.5 Å². The lowest BCUT2D eigenvalue weighted by Gasteiger charge is -2.17. The van der Waals surface area contributed by atoms with Crippen LogP contribution in [0, 0.1) is 5.92 Å². The van der Waals surface area contributed by atoms with Crippen molar-refractivity contribution in [3.63, 3.8) is 0 Å². The van der Waals surface area contributed by atoms with Crippen LogP contribution in [0.5, 0.6) is 0 Å². The summed E-state index contributed by atoms with van der Waals surface area (Å²) >= 11 is 3.40. The number of benzene rings is 1. The van der Waals surface area contributed by atoms with Gasteiger partial charge in [-0.05, 0) is 57.4 Å². The van der Waals surface area contributed by atoms with Gasteiger partial charge in [-0.1, -0.05) is 6.92 Å². The van der Waals surface area contributed by atoms with E-state index in [4.69, 9.17) is 10.5 Å². The molecule has 2 heterocycles. The van der Waals surface area contributed by atoms with E-state index in [-0.39, 0.29) is 0 Å². The highest BCUT2D eigenvalue weighted by Crippen LogP contribution is 2.28. The van der Waals surface area contributed by atoms with Gasteiger partial charge in [0, 0.05) is 28.2 Å². The Morgan fingerprint density at radius 2 is 2.33 bits per heavy atom. The van der Waals surface area contributed by atoms with Crippen LogP contribution in [0.2, 0.25) is 0 Å². The first kappa shape index (κ1) is 14.5. The van der Waals surface area contributed by atoms with Gasteiger partial charge in [-0.25, -0.2) is 4.68 Å². The summed E-state index contributed by atoms with van der Waals surface area (Å²) in [5.41, 5.74) is 7.54. The minimum Gasteiger partial charge on any atom is -0.398 e. The molecule has 1 saturated heterocycles. The van der Waals surface area contributed by atoms with Gasteiger partial charge in [0.15, 0.2) is 5.82 Å². The Balaban J connectivity index is 1.85. The summed E-state index contributed by atoms with van der Waals surface area (Å²) in [7, 11) is 0. The third-order valence-electron chi connectivity index (χ3n) is 3.94. The summed E-state index contributed by atoms with van der Waals surface area (Å²) in [6, 6.07) is 5.76. The normalized spacial score (nSPS) is 21.8. The largest absolute Gasteiger partial charge is 0.398 e. The summed E-state index contributed by atoms with van der Waals surface area (Å²) < 4.78 is 8.46. The zero-order valence-corrected chi connectivity index (χ0v) is 13.5. The summed E-state index contributed by atoms with van der Waals surface area (Å²) in [4.78, 5) is 0. The number of anilines is 1. The molecule has 2 N–H and O–H groups in total. The van der Waals surface area contributed by atoms with Crippen molar-refractivity contribution in [2.24, 2.45) is 5.92 Å². The molecule has 1 fully saturated rings. The van der Waals surface area contributed by atoms with Crippen molar-refractivity contribution in [3.8, 4) is 11.4 Å². The SMILES string of the molecule is CCC1OCCC1Cn1nnnc1-c1ccc(Br)c(N)c1. The van der Waals surface area contributed by atoms with Gasteiger partial charge in [0.2, 0.25) is 0 Å². The molecule has 7 heteroatoms. The maximum Gasteiger partial charge on any atom is 0.182 e. The Hall–Kier alpha value is -1.47. The number of nitrogens with zero attached hydrogens (tertiary/aromatic N) is 4. The Bertz CT molecular complexity index is 630. The van der Waals surface area contributed by atoms with Gasteiger partial charge in [0.1, 0.15) is 0 Å². The highest BCUT2D eigenvalue weighted by Gasteiger charge is 2.28. The van der Waals surface area contributed by atoms with Gasteiger partial charge in [-0.2, -0.15) is 0 Å². The number of rotatable bonds is 4. The first-order chi connectivity index (χ1) is 10.2. The predicted molar refractivity (Wildman–Crippen MR) is 83.5 cm³/mol. The zero-order valence-electron chi connectivity index (χ0n) is 11.9. The van der Waals surface area contributed by atoms with Crippen molar-refractivity contribution in [3.05, 3.63) is 22.7 Å². The van der Waals surface area contributed by atoms with Crippen LogP contribution in [0.3, 0.4) is 0 Å². The number of aromatic nitrogens is 4. The molecule has 0 saturated carbocycles. The zero-order chi connectivity index (χ0) is 14.8. The number of ether oxygens (including phenoxy) is 1. The molecule has 2 atom stereocenters. The summed E-state index contributed by atoms with van der Waals surface area (Å²) in [5.74, 6) is 1.21. The molecule has 0 aliphatic carbocycles. The van der Waals surface area contributed by atoms with Crippen LogP contribution in [-0.2, 0) is 11.3 Å². The fourth-order valence-corrected chi connectivity index (χ4v) is 3.04. The number of nitrogens with two attached hydrogens (primary N) is 1. The van der Waals surface area contributed by atoms with Crippen molar-refractivity contribution in [1.29, 1.82) is 0 Å². The van der Waals surface area contributed by atoms with Crippen LogP contribution < -0.4 is 5.73 Å². The van der Waals surface area contributed by atoms with Gasteiger partial charge in [-0.15, -0.1) is 5.10 Å². The molecule has 3 rings (SSSR count). The molecule has 21 heavy (non-hydrogen) atoms. The third-order valence-corrected chi connectivity index (χ3v) is 4.66. The predicted octanol–water partition coefficient (Wildman–Crippen LogP) is 2.50. The average molecular weight is 352 g/mol. The fourth-order valence-electron chi connectivity index (χ4n) is 2.79. The Morgan fingerprint density at radius 1 is 1.48 bits per heavy atom. The number of hydrogen-bond acceptors (Lipinski definition) is 5. The van der Waals surface area contributed by atoms with Gasteiger partial charge in [0.25, 0.3) is 0 Å². The Labute approximate surface area is 131 Å². The molecule has 1 aliphatic rings. The molecule has 6 nitrogen and oxygen atoms in total. The van der Waals surface area contributed by atoms with Crippen molar-refractivity contribution >= 4 is 21.6 Å². The minimum atomic E-state index is 0.303. The van der Waals surface area contributed by atoms with Crippen LogP contribution in [0.1, 0.15) is 19.8 Å². The molecule has 112 valence electrons. The molecule has 0 radical (unpaired) electrons. The topological polar surface area (TPSA) is 78.8 Å². The molecule has 2 aromatic rings. The minimum absolute atomic E-state index is 0.303. The van der Waals surface area contributed by atoms with Gasteiger partial charge >= 0.3 is 0 Å². The molecular weight excluding hydrogens is 334 g/mol. The maximum absolute atomic E-state index is 5.94. The smallest absolute Gasteiger partial charge is 0.182 e. The van der Waals surface area contributed by atoms with Crippen LogP contribution in [0.25, 0.3) is 11.4 Å². The number of nitrogen functional groups attached to an aromatic ring is 1. The number of hydrogen-bond donors (Lipinski definition) is 1. The first-order valence-corrected chi connectivity index (χ1v) is 7.91. The standard InChI is InChI=1S/C14H18BrN5O/c1-2-13-10(5-6-21-13)8-20-14(17-18-19-20)9-3-4-11(15)12(16)7-9/h3-4,7,10,13H,2,5-6,8,16H2,1H3. The van der Waals surface area contributed by atoms with Crippen molar-refractivity contribution in [1.82, 2.24) is 20.2 Å². The van der Waals surface area contributed by atoms with E-state index in [1.165, 1.54) is 0 Å². The molecule has 1 aliphatic heterocycles. The quantitative estimate of drug-likeness (QED) is 0.856. The fraction of sp³-hybridized carbons (Fsp3) is 0.500. The third kappa shape index (κ3) is 2.94. The molecule has 1 aromatic heterocycles. The molecule has 2 unspecified atom stereocenters. The average Bonchev–Trinajstić information content (AvgIpc) is 3.11. The molecule has 0 amide bonds. The summed E-state index contributed by atoms with van der Waals surface area (Å²) in [6.07, 6.45) is 2.38. The van der Waals surface area contributed by atoms with Crippen LogP contribution in [-0.4, -0.2) is 32.9 Å². The highest BCUT2D eigenvalue weighted by atomic mass is 79.9. The van der Waals surface area contributed by atoms with Crippen LogP contribution in [0.15, 0.2) is 22.7 Å². The van der Waals surface area contributed by atoms with Crippen LogP contribution >= 0.6 is 15.9 Å². The lowest BCUT2D eigenvalue weighted by molar-refractivity contribution is 0.0825. The van der Waals surface area contributed by atoms with E-state index in [0.29, 0.717) is 17.7 Å². The van der Waals surface area contributed by atoms with E-state index >= 15 is 0 Å². The number of tetrazole rings is 1. The maximum atomic E-state index is 5.94. The Kier molecular flexibility index (Phi) is 4.21. The van der Waals surface area contributed by atoms with Crippen molar-refractivity contribution in [2.45, 2.75) is 32.4 Å². The highest BCUT2D eigenvalue weighted by molar-refractivity contribution is 9.10. The Morgan fingerprint density at radius 3 is 3.10 bits per heavy atom. The van der Waals surface area contributed by atoms with E-state index in [9.17, 15) is 0 Å². The van der Waals surface area contributed by atoms with Gasteiger partial charge in [-0.3, -0.25) is 0 Å². The second-order valence-electron chi connectivity index (χ2n) is 5.29. The van der Waals surface area contributed by atoms with Crippen molar-refractivity contribution < 1.29 is 4.74 Å². The monoisotopic (exact) mass is 351 g/mol. The van der Waals surface area contributed by atoms with E-state index in [1.54, 1.807) is 0 Å². The molecule has 0 spiro atoms.